The van der Waals surface area contributed by atoms with Gasteiger partial charge in [-0.05, 0) is 205 Å². The second-order valence-corrected chi connectivity index (χ2v) is 44.8. The van der Waals surface area contributed by atoms with Gasteiger partial charge in [-0.1, -0.05) is 118 Å². The number of hydrogen-bond donors (Lipinski definition) is 0. The van der Waals surface area contributed by atoms with Gasteiger partial charge in [0.1, 0.15) is 11.4 Å². The molecule has 0 N–H and O–H groups in total. The number of sulfone groups is 2. The highest BCUT2D eigenvalue weighted by Crippen LogP contribution is 2.67. The molecule has 0 spiro atoms. The van der Waals surface area contributed by atoms with E-state index in [9.17, 15) is 69.6 Å². The van der Waals surface area contributed by atoms with Gasteiger partial charge in [-0.25, -0.2) is 21.6 Å². The minimum Gasteiger partial charge on any atom is -0.460 e. The summed E-state index contributed by atoms with van der Waals surface area (Å²) in [5, 5.41) is 0. The Labute approximate surface area is 652 Å². The van der Waals surface area contributed by atoms with E-state index in [-0.39, 0.29) is 125 Å². The Morgan fingerprint density at radius 3 is 1.28 bits per heavy atom. The molecule has 10 aliphatic rings. The van der Waals surface area contributed by atoms with Crippen molar-refractivity contribution in [1.29, 1.82) is 0 Å². The van der Waals surface area contributed by atoms with E-state index < -0.39 is 111 Å². The van der Waals surface area contributed by atoms with E-state index in [0.29, 0.717) is 83.1 Å². The molecule has 4 saturated heterocycles. The van der Waals surface area contributed by atoms with E-state index in [1.807, 2.05) is 13.8 Å². The molecule has 0 bridgehead atoms. The fraction of sp³-hybridized carbons (Fsp3) is 0.872. The molecule has 0 aromatic rings. The van der Waals surface area contributed by atoms with Crippen LogP contribution in [0.4, 0.5) is 0 Å². The van der Waals surface area contributed by atoms with Crippen LogP contribution >= 0.6 is 0 Å². The van der Waals surface area contributed by atoms with Gasteiger partial charge >= 0.3 is 5.97 Å². The van der Waals surface area contributed by atoms with E-state index in [0.717, 1.165) is 128 Å². The number of isocyanates is 1. The van der Waals surface area contributed by atoms with Gasteiger partial charge in [-0.3, -0.25) is 47.9 Å². The van der Waals surface area contributed by atoms with Gasteiger partial charge in [0.15, 0.2) is 42.8 Å². The van der Waals surface area contributed by atoms with E-state index in [4.69, 9.17) is 14.2 Å². The van der Waals surface area contributed by atoms with E-state index in [1.165, 1.54) is 0 Å². The summed E-state index contributed by atoms with van der Waals surface area (Å²) in [6, 6.07) is -1.36. The van der Waals surface area contributed by atoms with Crippen LogP contribution in [0.15, 0.2) is 4.99 Å². The maximum atomic E-state index is 14.7. The van der Waals surface area contributed by atoms with Gasteiger partial charge in [0.2, 0.25) is 29.5 Å². The Morgan fingerprint density at radius 1 is 0.505 bits per heavy atom. The Morgan fingerprint density at radius 2 is 0.881 bits per heavy atom. The van der Waals surface area contributed by atoms with Crippen LogP contribution in [0, 0.1) is 75.4 Å². The predicted octanol–water partition coefficient (Wildman–Crippen LogP) is 14.2. The Bertz CT molecular complexity index is 3550. The topological polar surface area (TPSA) is 303 Å². The molecule has 616 valence electrons. The zero-order valence-electron chi connectivity index (χ0n) is 69.2. The van der Waals surface area contributed by atoms with Crippen LogP contribution in [0.5, 0.6) is 0 Å². The number of Topliss-reactive ketones (excluding diaryl/α,β-unsaturated/α-hetero) is 7. The zero-order chi connectivity index (χ0) is 80.6. The van der Waals surface area contributed by atoms with Crippen molar-refractivity contribution in [3.05, 3.63) is 0 Å². The highest BCUT2D eigenvalue weighted by atomic mass is 32.2. The van der Waals surface area contributed by atoms with Crippen molar-refractivity contribution < 1.29 is 83.8 Å². The van der Waals surface area contributed by atoms with E-state index in [2.05, 4.69) is 32.7 Å². The zero-order valence-corrected chi connectivity index (χ0v) is 70.8. The molecule has 6 saturated carbocycles. The quantitative estimate of drug-likeness (QED) is 0.0502. The lowest BCUT2D eigenvalue weighted by Gasteiger charge is -2.39. The van der Waals surface area contributed by atoms with Gasteiger partial charge in [0, 0.05) is 76.7 Å². The molecule has 4 aliphatic heterocycles. The molecule has 12 atom stereocenters. The number of piperidine rings is 2. The van der Waals surface area contributed by atoms with Gasteiger partial charge in [-0.15, -0.1) is 0 Å². The number of esters is 1. The summed E-state index contributed by atoms with van der Waals surface area (Å²) in [6.07, 6.45) is 23.1. The molecule has 6 aliphatic carbocycles. The number of carbonyl (C=O) groups excluding carboxylic acids is 11. The Balaban J connectivity index is 0.000000229. The molecule has 0 radical (unpaired) electrons. The van der Waals surface area contributed by atoms with Gasteiger partial charge in [0.25, 0.3) is 0 Å². The summed E-state index contributed by atoms with van der Waals surface area (Å²) < 4.78 is 67.5. The number of ketones is 7. The first kappa shape index (κ1) is 89.8. The molecular formula is C86H137N3O18S2. The smallest absolute Gasteiger partial charge is 0.307 e. The first-order chi connectivity index (χ1) is 50.8. The number of ether oxygens (including phenoxy) is 3. The van der Waals surface area contributed by atoms with Crippen LogP contribution in [-0.2, 0) is 86.6 Å². The molecule has 21 nitrogen and oxygen atoms in total. The molecule has 0 aromatic heterocycles. The van der Waals surface area contributed by atoms with Crippen molar-refractivity contribution in [2.24, 2.45) is 80.4 Å². The van der Waals surface area contributed by atoms with Gasteiger partial charge in [-0.2, -0.15) is 4.99 Å². The first-order valence-electron chi connectivity index (χ1n) is 42.1. The standard InChI is InChI=1S/C41H65NO8S.C33H51NO7.C12H21NO3S/c1-27-31(23-30(43)24-41(18-12-10-13-19-41)26-51(48,49)39(2,3)4)38(47)42-25-32-35(40(32,5)6)36(42)33(44)22-29(15-11-8-7-9-14-20-50-27)37(46)34(45)21-28-16-17-28;1-20-23(18-27(37)41-32(2,3)4)31(39)34-19-24-28(33(24,5)6)29(34)25(35)17-22(12-10-8-7-9-11-15-40-20)30(38)26(36)16-21-13-14-21;1-11(2,3)17(15,16)9-12(13-10-14)7-5-4-6-8-12/h27-29,31-32,35-36H,7-26H2,1-6H3;20-24,28-29H,7-19H2,1-6H3;4-9H2,1-3H3/t27-,29+,31-,32-,35-,36+;20-,22+,23-,24-,28-,29+;/m00./s1. The van der Waals surface area contributed by atoms with Crippen LogP contribution in [0.1, 0.15) is 316 Å². The summed E-state index contributed by atoms with van der Waals surface area (Å²) in [5.74, 6) is -4.96. The monoisotopic (exact) mass is 1560 g/mol. The third kappa shape index (κ3) is 23.7. The number of amides is 2. The maximum absolute atomic E-state index is 14.7. The number of fused-ring (bicyclic) bond motifs is 6. The van der Waals surface area contributed by atoms with Crippen LogP contribution in [-0.4, -0.2) is 174 Å². The summed E-state index contributed by atoms with van der Waals surface area (Å²) in [5.41, 5.74) is -2.26. The fourth-order valence-corrected chi connectivity index (χ4v) is 22.0. The maximum Gasteiger partial charge on any atom is 0.307 e. The third-order valence-corrected chi connectivity index (χ3v) is 32.4. The second-order valence-electron chi connectivity index (χ2n) is 39.4. The molecule has 0 aromatic carbocycles. The lowest BCUT2D eigenvalue weighted by atomic mass is 9.71. The highest BCUT2D eigenvalue weighted by Gasteiger charge is 2.71. The van der Waals surface area contributed by atoms with Crippen molar-refractivity contribution in [3.63, 3.8) is 0 Å². The molecular weight excluding hydrogens is 1430 g/mol. The first-order valence-corrected chi connectivity index (χ1v) is 45.4. The fourth-order valence-electron chi connectivity index (χ4n) is 18.9. The summed E-state index contributed by atoms with van der Waals surface area (Å²) >= 11 is 0. The normalized spacial score (nSPS) is 30.7. The largest absolute Gasteiger partial charge is 0.460 e. The average molecular weight is 1570 g/mol. The number of aliphatic imine (C=N–C) groups is 1. The van der Waals surface area contributed by atoms with E-state index in [1.54, 1.807) is 78.2 Å². The van der Waals surface area contributed by atoms with Crippen LogP contribution in [0.3, 0.4) is 0 Å². The Hall–Kier alpha value is -4.70. The van der Waals surface area contributed by atoms with Gasteiger partial charge in [0.05, 0.1) is 69.1 Å². The summed E-state index contributed by atoms with van der Waals surface area (Å²) in [4.78, 5) is 155. The Kier molecular flexibility index (Phi) is 30.4. The summed E-state index contributed by atoms with van der Waals surface area (Å²) in [6.45, 7) is 29.5. The van der Waals surface area contributed by atoms with E-state index >= 15 is 0 Å². The third-order valence-electron chi connectivity index (χ3n) is 26.7. The molecule has 0 unspecified atom stereocenters. The number of nitrogens with zero attached hydrogens (tertiary/aromatic N) is 3. The van der Waals surface area contributed by atoms with Crippen molar-refractivity contribution >= 4 is 84.0 Å². The minimum absolute atomic E-state index is 0.00816. The van der Waals surface area contributed by atoms with Crippen molar-refractivity contribution in [2.45, 2.75) is 361 Å². The second kappa shape index (κ2) is 36.8. The highest BCUT2D eigenvalue weighted by molar-refractivity contribution is 7.93. The molecule has 2 amide bonds. The molecule has 109 heavy (non-hydrogen) atoms. The SMILES string of the molecule is CC(C)(C)S(=O)(=O)CC1(N=C=O)CCCCC1.C[C@@H]1OCCCCCCC[C@@H](C(=O)C(=O)CC2CC2)CC(=O)[C@@H]2[C@@H]3[C@H](CN2C(=O)[C@H]1CC(=O)CC1(CS(=O)(=O)C(C)(C)C)CCCCC1)C3(C)C.C[C@@H]1OCCCCCCC[C@@H](C(=O)C(=O)CC2CC2)CC(=O)[C@@H]2[C@@H]3[C@H](CN2C(=O)[C@H]1CC(=O)OC(C)(C)C)C3(C)C. The summed E-state index contributed by atoms with van der Waals surface area (Å²) in [7, 11) is -6.73. The molecule has 23 heteroatoms. The average Bonchev–Trinajstić information content (AvgIpc) is 1.53. The molecule has 10 rings (SSSR count). The van der Waals surface area contributed by atoms with Crippen LogP contribution in [0.25, 0.3) is 0 Å². The minimum atomic E-state index is -3.48. The predicted molar refractivity (Wildman–Crippen MR) is 418 cm³/mol. The van der Waals surface area contributed by atoms with Crippen LogP contribution < -0.4 is 0 Å². The number of carbonyl (C=O) groups is 10. The molecule has 4 heterocycles. The lowest BCUT2D eigenvalue weighted by Crippen LogP contribution is -2.51. The number of hydrogen-bond acceptors (Lipinski definition) is 19. The lowest BCUT2D eigenvalue weighted by molar-refractivity contribution is -0.162. The number of rotatable bonds is 19. The van der Waals surface area contributed by atoms with Crippen molar-refractivity contribution in [2.75, 3.05) is 37.8 Å². The van der Waals surface area contributed by atoms with Crippen molar-refractivity contribution in [3.8, 4) is 0 Å². The van der Waals surface area contributed by atoms with Gasteiger partial charge < -0.3 is 24.0 Å². The van der Waals surface area contributed by atoms with Crippen LogP contribution in [0.2, 0.25) is 0 Å². The molecule has 10 fully saturated rings. The van der Waals surface area contributed by atoms with Crippen molar-refractivity contribution in [1.82, 2.24) is 9.80 Å².